The van der Waals surface area contributed by atoms with E-state index in [2.05, 4.69) is 15.5 Å². The number of imidazole rings is 1. The highest BCUT2D eigenvalue weighted by molar-refractivity contribution is 5.83. The Morgan fingerprint density at radius 1 is 0.853 bits per heavy atom. The molecule has 0 N–H and O–H groups in total. The summed E-state index contributed by atoms with van der Waals surface area (Å²) in [7, 11) is 0. The fourth-order valence-electron chi connectivity index (χ4n) is 4.75. The minimum atomic E-state index is -0.0774. The Morgan fingerprint density at radius 3 is 2.41 bits per heavy atom. The van der Waals surface area contributed by atoms with Gasteiger partial charge in [-0.15, -0.1) is 0 Å². The predicted octanol–water partition coefficient (Wildman–Crippen LogP) is 4.00. The van der Waals surface area contributed by atoms with E-state index in [-0.39, 0.29) is 5.56 Å². The van der Waals surface area contributed by atoms with Crippen molar-refractivity contribution in [3.8, 4) is 17.1 Å². The fourth-order valence-corrected chi connectivity index (χ4v) is 4.75. The number of aromatic nitrogens is 4. The second-order valence-electron chi connectivity index (χ2n) is 8.56. The number of rotatable bonds is 4. The number of aryl methyl sites for hydroxylation is 1. The van der Waals surface area contributed by atoms with E-state index in [1.807, 2.05) is 73.7 Å². The van der Waals surface area contributed by atoms with Gasteiger partial charge in [0.2, 0.25) is 0 Å². The first kappa shape index (κ1) is 20.8. The maximum atomic E-state index is 13.6. The van der Waals surface area contributed by atoms with Crippen LogP contribution >= 0.6 is 0 Å². The Morgan fingerprint density at radius 2 is 1.56 bits per heavy atom. The van der Waals surface area contributed by atoms with Crippen LogP contribution in [0, 0.1) is 6.92 Å². The van der Waals surface area contributed by atoms with Crippen LogP contribution in [0.3, 0.4) is 0 Å². The molecule has 7 nitrogen and oxygen atoms in total. The second-order valence-corrected chi connectivity index (χ2v) is 8.56. The maximum Gasteiger partial charge on any atom is 0.265 e. The Kier molecular flexibility index (Phi) is 5.20. The molecule has 34 heavy (non-hydrogen) atoms. The lowest BCUT2D eigenvalue weighted by atomic mass is 10.1. The number of para-hydroxylation sites is 4. The molecule has 2 aromatic heterocycles. The van der Waals surface area contributed by atoms with Crippen LogP contribution in [0.15, 0.2) is 77.6 Å². The van der Waals surface area contributed by atoms with E-state index >= 15 is 0 Å². The first-order chi connectivity index (χ1) is 16.7. The third kappa shape index (κ3) is 3.50. The van der Waals surface area contributed by atoms with Crippen LogP contribution in [0.2, 0.25) is 0 Å². The van der Waals surface area contributed by atoms with Gasteiger partial charge in [0.25, 0.3) is 5.56 Å². The van der Waals surface area contributed by atoms with Gasteiger partial charge in [-0.05, 0) is 43.3 Å². The van der Waals surface area contributed by atoms with E-state index in [0.717, 1.165) is 54.4 Å². The molecule has 0 bridgehead atoms. The van der Waals surface area contributed by atoms with Crippen LogP contribution in [0.25, 0.3) is 39.0 Å². The van der Waals surface area contributed by atoms with Gasteiger partial charge in [0.1, 0.15) is 11.6 Å². The standard InChI is InChI=1S/C27H25N5O2/c1-19-28-22-10-4-2-8-20(22)27(33)32(19)24-12-6-3-9-21(24)26-29-23-11-5-7-13-25(23)31(26)18-30-14-16-34-17-15-30/h2-13H,14-18H2,1H3. The van der Waals surface area contributed by atoms with Crippen molar-refractivity contribution in [3.05, 3.63) is 89.0 Å². The second kappa shape index (κ2) is 8.52. The average molecular weight is 452 g/mol. The number of benzene rings is 3. The molecule has 1 aliphatic heterocycles. The normalized spacial score (nSPS) is 14.7. The molecule has 3 aromatic carbocycles. The summed E-state index contributed by atoms with van der Waals surface area (Å²) in [5, 5.41) is 0.602. The molecule has 0 unspecified atom stereocenters. The van der Waals surface area contributed by atoms with Gasteiger partial charge in [-0.3, -0.25) is 14.3 Å². The van der Waals surface area contributed by atoms with Gasteiger partial charge in [0.05, 0.1) is 47.5 Å². The molecule has 0 amide bonds. The van der Waals surface area contributed by atoms with E-state index in [1.54, 1.807) is 4.57 Å². The maximum absolute atomic E-state index is 13.6. The van der Waals surface area contributed by atoms with Crippen LogP contribution in [0.1, 0.15) is 5.82 Å². The Hall–Kier alpha value is -3.81. The quantitative estimate of drug-likeness (QED) is 0.413. The van der Waals surface area contributed by atoms with E-state index < -0.39 is 0 Å². The lowest BCUT2D eigenvalue weighted by molar-refractivity contribution is 0.0244. The van der Waals surface area contributed by atoms with E-state index in [4.69, 9.17) is 14.7 Å². The molecule has 5 aromatic rings. The summed E-state index contributed by atoms with van der Waals surface area (Å²) in [6.07, 6.45) is 0. The van der Waals surface area contributed by atoms with Crippen molar-refractivity contribution < 1.29 is 4.74 Å². The van der Waals surface area contributed by atoms with Gasteiger partial charge >= 0.3 is 0 Å². The van der Waals surface area contributed by atoms with E-state index in [9.17, 15) is 4.79 Å². The van der Waals surface area contributed by atoms with Gasteiger partial charge in [-0.2, -0.15) is 0 Å². The SMILES string of the molecule is Cc1nc2ccccc2c(=O)n1-c1ccccc1-c1nc2ccccc2n1CN1CCOCC1. The summed E-state index contributed by atoms with van der Waals surface area (Å²) < 4.78 is 9.50. The highest BCUT2D eigenvalue weighted by atomic mass is 16.5. The average Bonchev–Trinajstić information content (AvgIpc) is 3.23. The molecule has 0 atom stereocenters. The zero-order chi connectivity index (χ0) is 23.1. The lowest BCUT2D eigenvalue weighted by Gasteiger charge is -2.28. The molecule has 7 heteroatoms. The zero-order valence-corrected chi connectivity index (χ0v) is 19.0. The summed E-state index contributed by atoms with van der Waals surface area (Å²) in [5.41, 5.74) is 4.31. The van der Waals surface area contributed by atoms with Crippen molar-refractivity contribution in [1.29, 1.82) is 0 Å². The van der Waals surface area contributed by atoms with Crippen molar-refractivity contribution in [2.75, 3.05) is 26.3 Å². The van der Waals surface area contributed by atoms with Crippen LogP contribution < -0.4 is 5.56 Å². The smallest absolute Gasteiger partial charge is 0.265 e. The van der Waals surface area contributed by atoms with Crippen molar-refractivity contribution in [2.45, 2.75) is 13.6 Å². The Bertz CT molecular complexity index is 1560. The largest absolute Gasteiger partial charge is 0.379 e. The third-order valence-corrected chi connectivity index (χ3v) is 6.43. The number of hydrogen-bond acceptors (Lipinski definition) is 5. The minimum Gasteiger partial charge on any atom is -0.379 e. The topological polar surface area (TPSA) is 65.2 Å². The van der Waals surface area contributed by atoms with Crippen LogP contribution in [-0.4, -0.2) is 50.3 Å². The monoisotopic (exact) mass is 451 g/mol. The first-order valence-electron chi connectivity index (χ1n) is 11.5. The molecule has 0 aliphatic carbocycles. The molecular formula is C27H25N5O2. The molecule has 170 valence electrons. The lowest BCUT2D eigenvalue weighted by Crippen LogP contribution is -2.37. The molecule has 1 aliphatic rings. The summed E-state index contributed by atoms with van der Waals surface area (Å²) in [5.74, 6) is 1.48. The zero-order valence-electron chi connectivity index (χ0n) is 19.0. The van der Waals surface area contributed by atoms with Crippen molar-refractivity contribution in [3.63, 3.8) is 0 Å². The predicted molar refractivity (Wildman–Crippen MR) is 133 cm³/mol. The number of nitrogens with zero attached hydrogens (tertiary/aromatic N) is 5. The van der Waals surface area contributed by atoms with Gasteiger partial charge in [0, 0.05) is 18.7 Å². The van der Waals surface area contributed by atoms with Crippen LogP contribution in [0.5, 0.6) is 0 Å². The molecular weight excluding hydrogens is 426 g/mol. The fraction of sp³-hybridized carbons (Fsp3) is 0.222. The van der Waals surface area contributed by atoms with Gasteiger partial charge in [0.15, 0.2) is 0 Å². The van der Waals surface area contributed by atoms with Gasteiger partial charge in [-0.25, -0.2) is 9.97 Å². The molecule has 1 saturated heterocycles. The van der Waals surface area contributed by atoms with Crippen molar-refractivity contribution >= 4 is 21.9 Å². The molecule has 0 spiro atoms. The minimum absolute atomic E-state index is 0.0774. The number of morpholine rings is 1. The van der Waals surface area contributed by atoms with Crippen LogP contribution in [0.4, 0.5) is 0 Å². The van der Waals surface area contributed by atoms with Crippen molar-refractivity contribution in [1.82, 2.24) is 24.0 Å². The summed E-state index contributed by atoms with van der Waals surface area (Å²) in [6, 6.07) is 23.6. The third-order valence-electron chi connectivity index (χ3n) is 6.43. The highest BCUT2D eigenvalue weighted by Crippen LogP contribution is 2.30. The highest BCUT2D eigenvalue weighted by Gasteiger charge is 2.21. The Balaban J connectivity index is 1.57. The van der Waals surface area contributed by atoms with Gasteiger partial charge in [-0.1, -0.05) is 36.4 Å². The molecule has 0 saturated carbocycles. The molecule has 0 radical (unpaired) electrons. The van der Waals surface area contributed by atoms with Crippen LogP contribution in [-0.2, 0) is 11.4 Å². The van der Waals surface area contributed by atoms with Gasteiger partial charge < -0.3 is 9.30 Å². The molecule has 3 heterocycles. The van der Waals surface area contributed by atoms with E-state index in [0.29, 0.717) is 23.4 Å². The summed E-state index contributed by atoms with van der Waals surface area (Å²) in [6.45, 7) is 5.80. The molecule has 1 fully saturated rings. The number of fused-ring (bicyclic) bond motifs is 2. The number of hydrogen-bond donors (Lipinski definition) is 0. The molecule has 6 rings (SSSR count). The summed E-state index contributed by atoms with van der Waals surface area (Å²) in [4.78, 5) is 25.7. The van der Waals surface area contributed by atoms with E-state index in [1.165, 1.54) is 0 Å². The Labute approximate surface area is 196 Å². The summed E-state index contributed by atoms with van der Waals surface area (Å²) >= 11 is 0. The van der Waals surface area contributed by atoms with Crippen molar-refractivity contribution in [2.24, 2.45) is 0 Å². The first-order valence-corrected chi connectivity index (χ1v) is 11.5. The number of ether oxygens (including phenoxy) is 1.